The number of amides is 2. The molecule has 0 radical (unpaired) electrons. The monoisotopic (exact) mass is 503 g/mol. The molecule has 0 aliphatic carbocycles. The van der Waals surface area contributed by atoms with E-state index in [0.717, 1.165) is 23.3 Å². The summed E-state index contributed by atoms with van der Waals surface area (Å²) in [6.07, 6.45) is 1.68. The van der Waals surface area contributed by atoms with Gasteiger partial charge >= 0.3 is 0 Å². The van der Waals surface area contributed by atoms with E-state index in [0.29, 0.717) is 36.0 Å². The van der Waals surface area contributed by atoms with Crippen molar-refractivity contribution in [1.82, 2.24) is 4.31 Å². The van der Waals surface area contributed by atoms with Crippen molar-refractivity contribution in [2.24, 2.45) is 5.92 Å². The van der Waals surface area contributed by atoms with Crippen LogP contribution in [0.5, 0.6) is 5.75 Å². The quantitative estimate of drug-likeness (QED) is 0.648. The highest BCUT2D eigenvalue weighted by Crippen LogP contribution is 2.38. The first-order valence-electron chi connectivity index (χ1n) is 11.2. The molecule has 4 rings (SSSR count). The van der Waals surface area contributed by atoms with E-state index in [1.54, 1.807) is 24.3 Å². The van der Waals surface area contributed by atoms with Gasteiger partial charge in [-0.2, -0.15) is 4.31 Å². The van der Waals surface area contributed by atoms with Gasteiger partial charge in [-0.05, 0) is 55.7 Å². The molecular formula is C24H29N3O5S2. The standard InChI is InChI=1S/C24H29N3O5S2/c1-16-6-8-21(32-3)19(12-16)25-23(28)14-27-20-13-18(34(30,31)26-10-4-5-11-26)7-9-22(20)33-15-17(2)24(27)29/h6-9,12-13,17H,4-5,10-11,14-15H2,1-3H3,(H,25,28). The lowest BCUT2D eigenvalue weighted by Gasteiger charge is -2.25. The van der Waals surface area contributed by atoms with Crippen LogP contribution in [0.25, 0.3) is 0 Å². The normalized spacial score (nSPS) is 19.0. The minimum Gasteiger partial charge on any atom is -0.495 e. The molecule has 1 fully saturated rings. The number of thioether (sulfide) groups is 1. The highest BCUT2D eigenvalue weighted by atomic mass is 32.2. The highest BCUT2D eigenvalue weighted by molar-refractivity contribution is 7.99. The molecule has 1 unspecified atom stereocenters. The molecule has 2 heterocycles. The van der Waals surface area contributed by atoms with Crippen molar-refractivity contribution < 1.29 is 22.7 Å². The number of fused-ring (bicyclic) bond motifs is 1. The Labute approximate surface area is 204 Å². The molecule has 0 saturated carbocycles. The smallest absolute Gasteiger partial charge is 0.244 e. The summed E-state index contributed by atoms with van der Waals surface area (Å²) in [5.41, 5.74) is 1.92. The van der Waals surface area contributed by atoms with E-state index in [9.17, 15) is 18.0 Å². The average molecular weight is 504 g/mol. The van der Waals surface area contributed by atoms with Crippen LogP contribution in [-0.2, 0) is 19.6 Å². The van der Waals surface area contributed by atoms with E-state index in [1.807, 2.05) is 19.9 Å². The molecule has 1 N–H and O–H groups in total. The van der Waals surface area contributed by atoms with Gasteiger partial charge in [-0.1, -0.05) is 13.0 Å². The Hall–Kier alpha value is -2.56. The molecule has 2 amide bonds. The highest BCUT2D eigenvalue weighted by Gasteiger charge is 2.33. The molecule has 2 aromatic rings. The molecule has 1 saturated heterocycles. The molecule has 10 heteroatoms. The van der Waals surface area contributed by atoms with Crippen molar-refractivity contribution in [3.63, 3.8) is 0 Å². The maximum Gasteiger partial charge on any atom is 0.244 e. The maximum absolute atomic E-state index is 13.2. The van der Waals surface area contributed by atoms with Gasteiger partial charge in [0.1, 0.15) is 12.3 Å². The molecule has 0 aromatic heterocycles. The Balaban J connectivity index is 1.66. The van der Waals surface area contributed by atoms with Crippen molar-refractivity contribution in [3.05, 3.63) is 42.0 Å². The molecule has 8 nitrogen and oxygen atoms in total. The van der Waals surface area contributed by atoms with Crippen molar-refractivity contribution in [2.45, 2.75) is 36.5 Å². The summed E-state index contributed by atoms with van der Waals surface area (Å²) in [5.74, 6) is 0.138. The second-order valence-corrected chi connectivity index (χ2v) is 11.6. The number of nitrogens with one attached hydrogen (secondary N) is 1. The third kappa shape index (κ3) is 4.94. The fraction of sp³-hybridized carbons (Fsp3) is 0.417. The summed E-state index contributed by atoms with van der Waals surface area (Å²) in [7, 11) is -2.14. The first kappa shape index (κ1) is 24.6. The van der Waals surface area contributed by atoms with E-state index in [4.69, 9.17) is 4.74 Å². The summed E-state index contributed by atoms with van der Waals surface area (Å²) in [4.78, 5) is 28.6. The van der Waals surface area contributed by atoms with Crippen LogP contribution < -0.4 is 15.0 Å². The summed E-state index contributed by atoms with van der Waals surface area (Å²) in [6.45, 7) is 4.48. The number of carbonyl (C=O) groups is 2. The summed E-state index contributed by atoms with van der Waals surface area (Å²) < 4.78 is 33.1. The Morgan fingerprint density at radius 3 is 2.62 bits per heavy atom. The summed E-state index contributed by atoms with van der Waals surface area (Å²) in [6, 6.07) is 10.3. The van der Waals surface area contributed by atoms with Gasteiger partial charge in [0.05, 0.1) is 23.4 Å². The molecule has 182 valence electrons. The predicted octanol–water partition coefficient (Wildman–Crippen LogP) is 3.50. The fourth-order valence-electron chi connectivity index (χ4n) is 4.15. The van der Waals surface area contributed by atoms with Gasteiger partial charge in [-0.3, -0.25) is 9.59 Å². The maximum atomic E-state index is 13.2. The van der Waals surface area contributed by atoms with E-state index >= 15 is 0 Å². The third-order valence-electron chi connectivity index (χ3n) is 6.03. The molecule has 2 aromatic carbocycles. The number of sulfonamides is 1. The van der Waals surface area contributed by atoms with Crippen LogP contribution in [0, 0.1) is 12.8 Å². The van der Waals surface area contributed by atoms with Gasteiger partial charge in [0.15, 0.2) is 0 Å². The lowest BCUT2D eigenvalue weighted by Crippen LogP contribution is -2.41. The van der Waals surface area contributed by atoms with E-state index in [1.165, 1.54) is 34.1 Å². The fourth-order valence-corrected chi connectivity index (χ4v) is 6.75. The number of carbonyl (C=O) groups excluding carboxylic acids is 2. The third-order valence-corrected chi connectivity index (χ3v) is 9.25. The van der Waals surface area contributed by atoms with Crippen molar-refractivity contribution in [2.75, 3.05) is 42.7 Å². The van der Waals surface area contributed by atoms with Gasteiger partial charge in [0.2, 0.25) is 21.8 Å². The second-order valence-electron chi connectivity index (χ2n) is 8.63. The summed E-state index contributed by atoms with van der Waals surface area (Å²) >= 11 is 1.49. The number of rotatable bonds is 6. The number of methoxy groups -OCH3 is 1. The number of aryl methyl sites for hydroxylation is 1. The second kappa shape index (κ2) is 9.97. The number of benzene rings is 2. The van der Waals surface area contributed by atoms with Gasteiger partial charge in [-0.25, -0.2) is 8.42 Å². The predicted molar refractivity (Wildman–Crippen MR) is 133 cm³/mol. The zero-order valence-electron chi connectivity index (χ0n) is 19.5. The van der Waals surface area contributed by atoms with Crippen LogP contribution in [0.15, 0.2) is 46.2 Å². The molecule has 1 atom stereocenters. The molecular weight excluding hydrogens is 474 g/mol. The number of hydrogen-bond acceptors (Lipinski definition) is 6. The van der Waals surface area contributed by atoms with Gasteiger partial charge in [0, 0.05) is 29.7 Å². The first-order valence-corrected chi connectivity index (χ1v) is 13.7. The Morgan fingerprint density at radius 2 is 1.91 bits per heavy atom. The molecule has 2 aliphatic heterocycles. The molecule has 34 heavy (non-hydrogen) atoms. The molecule has 0 spiro atoms. The average Bonchev–Trinajstić information content (AvgIpc) is 3.33. The van der Waals surface area contributed by atoms with Crippen molar-refractivity contribution in [1.29, 1.82) is 0 Å². The summed E-state index contributed by atoms with van der Waals surface area (Å²) in [5, 5.41) is 2.83. The zero-order valence-corrected chi connectivity index (χ0v) is 21.2. The van der Waals surface area contributed by atoms with E-state index in [-0.39, 0.29) is 23.3 Å². The minimum absolute atomic E-state index is 0.141. The Morgan fingerprint density at radius 1 is 1.18 bits per heavy atom. The molecule has 0 bridgehead atoms. The Kier molecular flexibility index (Phi) is 7.20. The SMILES string of the molecule is COc1ccc(C)cc1NC(=O)CN1C(=O)C(C)CSc2ccc(S(=O)(=O)N3CCCC3)cc21. The van der Waals surface area contributed by atoms with Crippen LogP contribution in [-0.4, -0.2) is 57.0 Å². The van der Waals surface area contributed by atoms with Crippen LogP contribution >= 0.6 is 11.8 Å². The zero-order chi connectivity index (χ0) is 24.5. The molecule has 2 aliphatic rings. The number of nitrogens with zero attached hydrogens (tertiary/aromatic N) is 2. The van der Waals surface area contributed by atoms with Gasteiger partial charge in [0.25, 0.3) is 0 Å². The minimum atomic E-state index is -3.66. The van der Waals surface area contributed by atoms with Crippen LogP contribution in [0.4, 0.5) is 11.4 Å². The lowest BCUT2D eigenvalue weighted by atomic mass is 10.1. The largest absolute Gasteiger partial charge is 0.495 e. The van der Waals surface area contributed by atoms with Gasteiger partial charge < -0.3 is 15.0 Å². The van der Waals surface area contributed by atoms with Crippen LogP contribution in [0.3, 0.4) is 0 Å². The first-order chi connectivity index (χ1) is 16.2. The lowest BCUT2D eigenvalue weighted by molar-refractivity contribution is -0.123. The number of anilines is 2. The van der Waals surface area contributed by atoms with Crippen molar-refractivity contribution >= 4 is 45.0 Å². The Bertz CT molecular complexity index is 1210. The number of hydrogen-bond donors (Lipinski definition) is 1. The van der Waals surface area contributed by atoms with Crippen molar-refractivity contribution in [3.8, 4) is 5.75 Å². The van der Waals surface area contributed by atoms with Crippen LogP contribution in [0.1, 0.15) is 25.3 Å². The van der Waals surface area contributed by atoms with E-state index in [2.05, 4.69) is 5.32 Å². The topological polar surface area (TPSA) is 96.0 Å². The number of ether oxygens (including phenoxy) is 1. The van der Waals surface area contributed by atoms with E-state index < -0.39 is 15.9 Å². The van der Waals surface area contributed by atoms with Gasteiger partial charge in [-0.15, -0.1) is 11.8 Å². The van der Waals surface area contributed by atoms with Crippen LogP contribution in [0.2, 0.25) is 0 Å².